The van der Waals surface area contributed by atoms with Crippen molar-refractivity contribution in [3.63, 3.8) is 0 Å². The molecular formula is C32H37N5O7. The zero-order valence-electron chi connectivity index (χ0n) is 25.9. The van der Waals surface area contributed by atoms with Gasteiger partial charge in [0.25, 0.3) is 0 Å². The average molecular weight is 604 g/mol. The van der Waals surface area contributed by atoms with Crippen LogP contribution < -0.4 is 24.4 Å². The van der Waals surface area contributed by atoms with Gasteiger partial charge >= 0.3 is 5.97 Å². The monoisotopic (exact) mass is 603 g/mol. The Labute approximate surface area is 255 Å². The number of carbonyl (C=O) groups is 3. The molecule has 2 amide bonds. The SMILES string of the molecule is CCOC(=O)c1cccc(N(C(=O)Cn2nnc3ccccc32)[C@@H](C(=O)NC(C)(C)C)c2cc(OC)c(OC)c(OC)c2)c1. The van der Waals surface area contributed by atoms with E-state index >= 15 is 0 Å². The van der Waals surface area contributed by atoms with Gasteiger partial charge in [0.1, 0.15) is 18.1 Å². The number of amides is 2. The molecule has 4 rings (SSSR count). The van der Waals surface area contributed by atoms with E-state index in [2.05, 4.69) is 15.6 Å². The van der Waals surface area contributed by atoms with Crippen molar-refractivity contribution < 1.29 is 33.3 Å². The summed E-state index contributed by atoms with van der Waals surface area (Å²) in [4.78, 5) is 42.7. The van der Waals surface area contributed by atoms with E-state index in [9.17, 15) is 14.4 Å². The van der Waals surface area contributed by atoms with Crippen LogP contribution in [0.2, 0.25) is 0 Å². The summed E-state index contributed by atoms with van der Waals surface area (Å²) in [6.45, 7) is 7.14. The topological polar surface area (TPSA) is 134 Å². The van der Waals surface area contributed by atoms with E-state index in [0.717, 1.165) is 0 Å². The van der Waals surface area contributed by atoms with Crippen molar-refractivity contribution in [2.75, 3.05) is 32.8 Å². The average Bonchev–Trinajstić information content (AvgIpc) is 3.40. The van der Waals surface area contributed by atoms with Crippen LogP contribution in [0.5, 0.6) is 17.2 Å². The van der Waals surface area contributed by atoms with E-state index in [-0.39, 0.29) is 24.4 Å². The second-order valence-electron chi connectivity index (χ2n) is 10.9. The molecule has 1 N–H and O–H groups in total. The first-order chi connectivity index (χ1) is 21.0. The standard InChI is InChI=1S/C32H37N5O7/c1-8-44-31(40)20-12-11-13-22(16-20)37(27(38)19-36-24-15-10-9-14-23(24)34-35-36)28(30(39)33-32(2,3)4)21-17-25(41-5)29(43-7)26(18-21)42-6/h9-18,28H,8,19H2,1-7H3,(H,33,39)/t28-/m1/s1. The van der Waals surface area contributed by atoms with Gasteiger partial charge in [0.2, 0.25) is 17.6 Å². The second-order valence-corrected chi connectivity index (χ2v) is 10.9. The van der Waals surface area contributed by atoms with E-state index in [1.54, 1.807) is 49.4 Å². The Morgan fingerprint density at radius 1 is 0.932 bits per heavy atom. The van der Waals surface area contributed by atoms with Gasteiger partial charge in [-0.1, -0.05) is 23.4 Å². The van der Waals surface area contributed by atoms with E-state index in [1.807, 2.05) is 32.9 Å². The normalized spacial score (nSPS) is 11.9. The quantitative estimate of drug-likeness (QED) is 0.249. The summed E-state index contributed by atoms with van der Waals surface area (Å²) in [5.74, 6) is -0.622. The minimum absolute atomic E-state index is 0.174. The van der Waals surface area contributed by atoms with Crippen molar-refractivity contribution in [2.24, 2.45) is 0 Å². The zero-order chi connectivity index (χ0) is 32.0. The van der Waals surface area contributed by atoms with Crippen molar-refractivity contribution in [1.82, 2.24) is 20.3 Å². The van der Waals surface area contributed by atoms with Crippen LogP contribution in [0.1, 0.15) is 49.7 Å². The number of hydrogen-bond donors (Lipinski definition) is 1. The van der Waals surface area contributed by atoms with Crippen LogP contribution in [-0.4, -0.2) is 66.3 Å². The highest BCUT2D eigenvalue weighted by Gasteiger charge is 2.36. The Hall–Kier alpha value is -5.13. The summed E-state index contributed by atoms with van der Waals surface area (Å²) in [6, 6.07) is 15.6. The maximum absolute atomic E-state index is 14.4. The number of rotatable bonds is 11. The predicted octanol–water partition coefficient (Wildman–Crippen LogP) is 4.32. The van der Waals surface area contributed by atoms with Gasteiger partial charge < -0.3 is 24.3 Å². The maximum atomic E-state index is 14.4. The first-order valence-corrected chi connectivity index (χ1v) is 14.0. The van der Waals surface area contributed by atoms with Crippen LogP contribution in [0.4, 0.5) is 5.69 Å². The van der Waals surface area contributed by atoms with Crippen LogP contribution in [0.15, 0.2) is 60.7 Å². The molecule has 0 bridgehead atoms. The Kier molecular flexibility index (Phi) is 9.72. The highest BCUT2D eigenvalue weighted by Crippen LogP contribution is 2.42. The maximum Gasteiger partial charge on any atom is 0.338 e. The van der Waals surface area contributed by atoms with E-state index < -0.39 is 29.4 Å². The van der Waals surface area contributed by atoms with Crippen LogP contribution in [0, 0.1) is 0 Å². The summed E-state index contributed by atoms with van der Waals surface area (Å²) in [5.41, 5.74) is 1.48. The molecule has 0 aliphatic carbocycles. The fourth-order valence-corrected chi connectivity index (χ4v) is 4.79. The number of para-hydroxylation sites is 1. The molecule has 232 valence electrons. The molecule has 0 radical (unpaired) electrons. The first-order valence-electron chi connectivity index (χ1n) is 14.0. The molecule has 12 heteroatoms. The Balaban J connectivity index is 1.95. The minimum Gasteiger partial charge on any atom is -0.493 e. The Bertz CT molecular complexity index is 1640. The number of methoxy groups -OCH3 is 3. The number of ether oxygens (including phenoxy) is 4. The van der Waals surface area contributed by atoms with Gasteiger partial charge in [-0.05, 0) is 75.7 Å². The summed E-state index contributed by atoms with van der Waals surface area (Å²) >= 11 is 0. The molecule has 0 aliphatic rings. The number of hydrogen-bond acceptors (Lipinski definition) is 9. The molecular weight excluding hydrogens is 566 g/mol. The van der Waals surface area contributed by atoms with Crippen molar-refractivity contribution >= 4 is 34.5 Å². The van der Waals surface area contributed by atoms with Crippen molar-refractivity contribution in [1.29, 1.82) is 0 Å². The van der Waals surface area contributed by atoms with Gasteiger partial charge in [0.15, 0.2) is 11.5 Å². The fourth-order valence-electron chi connectivity index (χ4n) is 4.79. The molecule has 1 aromatic heterocycles. The number of carbonyl (C=O) groups excluding carboxylic acids is 3. The third-order valence-electron chi connectivity index (χ3n) is 6.62. The number of nitrogens with zero attached hydrogens (tertiary/aromatic N) is 4. The fraction of sp³-hybridized carbons (Fsp3) is 0.344. The van der Waals surface area contributed by atoms with Gasteiger partial charge in [-0.3, -0.25) is 14.5 Å². The van der Waals surface area contributed by atoms with Crippen LogP contribution in [0.3, 0.4) is 0 Å². The number of anilines is 1. The molecule has 0 saturated heterocycles. The van der Waals surface area contributed by atoms with Gasteiger partial charge in [0.05, 0.1) is 39.0 Å². The second kappa shape index (κ2) is 13.4. The smallest absolute Gasteiger partial charge is 0.338 e. The first kappa shape index (κ1) is 31.8. The minimum atomic E-state index is -1.25. The van der Waals surface area contributed by atoms with Gasteiger partial charge in [-0.15, -0.1) is 5.10 Å². The van der Waals surface area contributed by atoms with Crippen molar-refractivity contribution in [3.8, 4) is 17.2 Å². The largest absolute Gasteiger partial charge is 0.493 e. The summed E-state index contributed by atoms with van der Waals surface area (Å²) < 4.78 is 23.3. The number of aromatic nitrogens is 3. The molecule has 1 heterocycles. The lowest BCUT2D eigenvalue weighted by Gasteiger charge is -2.34. The van der Waals surface area contributed by atoms with Crippen molar-refractivity contribution in [2.45, 2.75) is 45.8 Å². The van der Waals surface area contributed by atoms with Crippen LogP contribution >= 0.6 is 0 Å². The predicted molar refractivity (Wildman–Crippen MR) is 164 cm³/mol. The number of benzene rings is 3. The number of nitrogens with one attached hydrogen (secondary N) is 1. The molecule has 0 saturated carbocycles. The molecule has 12 nitrogen and oxygen atoms in total. The molecule has 0 spiro atoms. The zero-order valence-corrected chi connectivity index (χ0v) is 25.9. The highest BCUT2D eigenvalue weighted by molar-refractivity contribution is 6.03. The summed E-state index contributed by atoms with van der Waals surface area (Å²) in [7, 11) is 4.41. The highest BCUT2D eigenvalue weighted by atomic mass is 16.5. The number of fused-ring (bicyclic) bond motifs is 1. The van der Waals surface area contributed by atoms with Gasteiger partial charge in [0, 0.05) is 11.2 Å². The molecule has 0 aliphatic heterocycles. The van der Waals surface area contributed by atoms with Crippen molar-refractivity contribution in [3.05, 3.63) is 71.8 Å². The molecule has 3 aromatic carbocycles. The molecule has 44 heavy (non-hydrogen) atoms. The number of esters is 1. The van der Waals surface area contributed by atoms with Gasteiger partial charge in [-0.2, -0.15) is 0 Å². The van der Waals surface area contributed by atoms with E-state index in [4.69, 9.17) is 18.9 Å². The van der Waals surface area contributed by atoms with Gasteiger partial charge in [-0.25, -0.2) is 9.48 Å². The molecule has 4 aromatic rings. The molecule has 0 unspecified atom stereocenters. The third kappa shape index (κ3) is 6.91. The Morgan fingerprint density at radius 2 is 1.61 bits per heavy atom. The van der Waals surface area contributed by atoms with Crippen LogP contribution in [0.25, 0.3) is 11.0 Å². The Morgan fingerprint density at radius 3 is 2.23 bits per heavy atom. The third-order valence-corrected chi connectivity index (χ3v) is 6.62. The van der Waals surface area contributed by atoms with E-state index in [1.165, 1.54) is 37.0 Å². The summed E-state index contributed by atoms with van der Waals surface area (Å²) in [6.07, 6.45) is 0. The van der Waals surface area contributed by atoms with E-state index in [0.29, 0.717) is 33.8 Å². The van der Waals surface area contributed by atoms with Crippen LogP contribution in [-0.2, 0) is 20.9 Å². The summed E-state index contributed by atoms with van der Waals surface area (Å²) in [5, 5.41) is 11.4. The lowest BCUT2D eigenvalue weighted by Crippen LogP contribution is -2.50. The lowest BCUT2D eigenvalue weighted by atomic mass is 9.99. The molecule has 1 atom stereocenters. The lowest BCUT2D eigenvalue weighted by molar-refractivity contribution is -0.128. The molecule has 0 fully saturated rings.